The van der Waals surface area contributed by atoms with Crippen LogP contribution in [0.3, 0.4) is 0 Å². The number of sulfonamides is 1. The number of anilines is 2. The summed E-state index contributed by atoms with van der Waals surface area (Å²) in [4.78, 5) is 12.5. The predicted octanol–water partition coefficient (Wildman–Crippen LogP) is 3.90. The molecule has 0 aliphatic heterocycles. The molecule has 1 N–H and O–H groups in total. The second-order valence-electron chi connectivity index (χ2n) is 5.21. The highest BCUT2D eigenvalue weighted by Gasteiger charge is 2.29. The van der Waals surface area contributed by atoms with E-state index in [-0.39, 0.29) is 0 Å². The zero-order chi connectivity index (χ0) is 17.9. The van der Waals surface area contributed by atoms with E-state index in [0.717, 1.165) is 15.0 Å². The van der Waals surface area contributed by atoms with Crippen LogP contribution in [0.1, 0.15) is 6.92 Å². The molecule has 2 rings (SSSR count). The zero-order valence-corrected chi connectivity index (χ0v) is 16.2. The molecule has 128 valence electrons. The molecule has 24 heavy (non-hydrogen) atoms. The minimum absolute atomic E-state index is 0.374. The Morgan fingerprint density at radius 3 is 2.38 bits per heavy atom. The number of carbonyl (C=O) groups is 1. The summed E-state index contributed by atoms with van der Waals surface area (Å²) in [7, 11) is -3.66. The van der Waals surface area contributed by atoms with Crippen LogP contribution in [0.5, 0.6) is 0 Å². The van der Waals surface area contributed by atoms with Crippen LogP contribution in [-0.4, -0.2) is 26.6 Å². The van der Waals surface area contributed by atoms with Crippen LogP contribution in [0.15, 0.2) is 53.0 Å². The average molecular weight is 432 g/mol. The number of hydrogen-bond acceptors (Lipinski definition) is 3. The van der Waals surface area contributed by atoms with Gasteiger partial charge in [-0.2, -0.15) is 0 Å². The van der Waals surface area contributed by atoms with Crippen molar-refractivity contribution in [3.05, 3.63) is 58.0 Å². The van der Waals surface area contributed by atoms with Gasteiger partial charge in [-0.15, -0.1) is 0 Å². The maximum Gasteiger partial charge on any atom is 0.247 e. The molecule has 8 heteroatoms. The van der Waals surface area contributed by atoms with Crippen molar-refractivity contribution < 1.29 is 13.2 Å². The van der Waals surface area contributed by atoms with Crippen LogP contribution < -0.4 is 9.62 Å². The third-order valence-corrected chi connectivity index (χ3v) is 5.25. The molecule has 0 radical (unpaired) electrons. The Bertz CT molecular complexity index is 841. The molecule has 1 unspecified atom stereocenters. The summed E-state index contributed by atoms with van der Waals surface area (Å²) in [5.74, 6) is -0.437. The van der Waals surface area contributed by atoms with Gasteiger partial charge < -0.3 is 5.32 Å². The maximum atomic E-state index is 12.5. The molecule has 0 saturated carbocycles. The van der Waals surface area contributed by atoms with E-state index in [4.69, 9.17) is 11.6 Å². The van der Waals surface area contributed by atoms with Gasteiger partial charge in [-0.1, -0.05) is 33.6 Å². The van der Waals surface area contributed by atoms with Gasteiger partial charge in [0.15, 0.2) is 0 Å². The van der Waals surface area contributed by atoms with Crippen LogP contribution in [-0.2, 0) is 14.8 Å². The molecule has 0 aliphatic rings. The lowest BCUT2D eigenvalue weighted by Gasteiger charge is -2.28. The molecule has 0 heterocycles. The van der Waals surface area contributed by atoms with Gasteiger partial charge >= 0.3 is 0 Å². The van der Waals surface area contributed by atoms with Crippen LogP contribution in [0.2, 0.25) is 5.02 Å². The van der Waals surface area contributed by atoms with Crippen LogP contribution in [0.25, 0.3) is 0 Å². The largest absolute Gasteiger partial charge is 0.324 e. The SMILES string of the molecule is CC(C(=O)Nc1cccc(Br)c1)N(c1ccc(Cl)cc1)S(C)(=O)=O. The second kappa shape index (κ2) is 7.55. The molecule has 0 fully saturated rings. The summed E-state index contributed by atoms with van der Waals surface area (Å²) in [6, 6.07) is 12.4. The molecule has 2 aromatic rings. The van der Waals surface area contributed by atoms with Crippen molar-refractivity contribution in [2.75, 3.05) is 15.9 Å². The lowest BCUT2D eigenvalue weighted by molar-refractivity contribution is -0.116. The average Bonchev–Trinajstić information content (AvgIpc) is 2.48. The quantitative estimate of drug-likeness (QED) is 0.781. The van der Waals surface area contributed by atoms with Crippen molar-refractivity contribution in [1.82, 2.24) is 0 Å². The zero-order valence-electron chi connectivity index (χ0n) is 13.0. The Balaban J connectivity index is 2.29. The van der Waals surface area contributed by atoms with Gasteiger partial charge in [0, 0.05) is 15.2 Å². The van der Waals surface area contributed by atoms with Gasteiger partial charge in [-0.05, 0) is 49.4 Å². The molecule has 2 aromatic carbocycles. The number of amides is 1. The first kappa shape index (κ1) is 18.8. The maximum absolute atomic E-state index is 12.5. The van der Waals surface area contributed by atoms with E-state index in [2.05, 4.69) is 21.2 Å². The van der Waals surface area contributed by atoms with Crippen molar-refractivity contribution in [2.24, 2.45) is 0 Å². The van der Waals surface area contributed by atoms with E-state index in [9.17, 15) is 13.2 Å². The molecular weight excluding hydrogens is 416 g/mol. The van der Waals surface area contributed by atoms with E-state index in [1.54, 1.807) is 42.5 Å². The standard InChI is InChI=1S/C16H16BrClN2O3S/c1-11(16(21)19-14-5-3-4-12(17)10-14)20(24(2,22)23)15-8-6-13(18)7-9-15/h3-11H,1-2H3,(H,19,21). The number of hydrogen-bond donors (Lipinski definition) is 1. The Hall–Kier alpha value is -1.57. The van der Waals surface area contributed by atoms with Crippen molar-refractivity contribution in [2.45, 2.75) is 13.0 Å². The molecule has 1 atom stereocenters. The molecule has 5 nitrogen and oxygen atoms in total. The third-order valence-electron chi connectivity index (χ3n) is 3.26. The number of carbonyl (C=O) groups excluding carboxylic acids is 1. The van der Waals surface area contributed by atoms with E-state index in [1.807, 2.05) is 6.07 Å². The first-order valence-electron chi connectivity index (χ1n) is 7.00. The van der Waals surface area contributed by atoms with Crippen LogP contribution in [0, 0.1) is 0 Å². The van der Waals surface area contributed by atoms with Gasteiger partial charge in [0.25, 0.3) is 0 Å². The Morgan fingerprint density at radius 2 is 1.83 bits per heavy atom. The molecule has 0 bridgehead atoms. The minimum Gasteiger partial charge on any atom is -0.324 e. The summed E-state index contributed by atoms with van der Waals surface area (Å²) in [5, 5.41) is 3.20. The predicted molar refractivity (Wildman–Crippen MR) is 101 cm³/mol. The van der Waals surface area contributed by atoms with Crippen molar-refractivity contribution in [3.8, 4) is 0 Å². The lowest BCUT2D eigenvalue weighted by Crippen LogP contribution is -2.45. The number of benzene rings is 2. The van der Waals surface area contributed by atoms with Crippen molar-refractivity contribution in [3.63, 3.8) is 0 Å². The Kier molecular flexibility index (Phi) is 5.90. The lowest BCUT2D eigenvalue weighted by atomic mass is 10.2. The Morgan fingerprint density at radius 1 is 1.21 bits per heavy atom. The number of nitrogens with one attached hydrogen (secondary N) is 1. The van der Waals surface area contributed by atoms with Crippen molar-refractivity contribution >= 4 is 54.8 Å². The normalized spacial score (nSPS) is 12.5. The number of halogens is 2. The van der Waals surface area contributed by atoms with Crippen molar-refractivity contribution in [1.29, 1.82) is 0 Å². The first-order valence-corrected chi connectivity index (χ1v) is 10.0. The number of rotatable bonds is 5. The highest BCUT2D eigenvalue weighted by Crippen LogP contribution is 2.24. The van der Waals surface area contributed by atoms with Crippen LogP contribution >= 0.6 is 27.5 Å². The van der Waals surface area contributed by atoms with E-state index in [1.165, 1.54) is 6.92 Å². The summed E-state index contributed by atoms with van der Waals surface area (Å²) in [5.41, 5.74) is 0.949. The third kappa shape index (κ3) is 4.72. The highest BCUT2D eigenvalue weighted by atomic mass is 79.9. The fraction of sp³-hybridized carbons (Fsp3) is 0.188. The summed E-state index contributed by atoms with van der Waals surface area (Å²) in [6.07, 6.45) is 1.06. The topological polar surface area (TPSA) is 66.5 Å². The Labute approximate surface area is 154 Å². The van der Waals surface area contributed by atoms with Gasteiger partial charge in [0.1, 0.15) is 6.04 Å². The summed E-state index contributed by atoms with van der Waals surface area (Å²) in [6.45, 7) is 1.53. The molecule has 0 saturated heterocycles. The van der Waals surface area contributed by atoms with Gasteiger partial charge in [0.2, 0.25) is 15.9 Å². The van der Waals surface area contributed by atoms with E-state index >= 15 is 0 Å². The van der Waals surface area contributed by atoms with Crippen LogP contribution in [0.4, 0.5) is 11.4 Å². The smallest absolute Gasteiger partial charge is 0.247 e. The van der Waals surface area contributed by atoms with Gasteiger partial charge in [-0.25, -0.2) is 8.42 Å². The molecule has 0 aliphatic carbocycles. The number of nitrogens with zero attached hydrogens (tertiary/aromatic N) is 1. The second-order valence-corrected chi connectivity index (χ2v) is 8.42. The molecule has 1 amide bonds. The molecule has 0 aromatic heterocycles. The molecular formula is C16H16BrClN2O3S. The fourth-order valence-corrected chi connectivity index (χ4v) is 3.91. The van der Waals surface area contributed by atoms with Gasteiger partial charge in [-0.3, -0.25) is 9.10 Å². The monoisotopic (exact) mass is 430 g/mol. The first-order chi connectivity index (χ1) is 11.2. The van der Waals surface area contributed by atoms with E-state index in [0.29, 0.717) is 16.4 Å². The minimum atomic E-state index is -3.66. The fourth-order valence-electron chi connectivity index (χ4n) is 2.21. The molecule has 0 spiro atoms. The highest BCUT2D eigenvalue weighted by molar-refractivity contribution is 9.10. The van der Waals surface area contributed by atoms with Gasteiger partial charge in [0.05, 0.1) is 11.9 Å². The van der Waals surface area contributed by atoms with E-state index < -0.39 is 22.0 Å². The summed E-state index contributed by atoms with van der Waals surface area (Å²) < 4.78 is 26.2. The summed E-state index contributed by atoms with van der Waals surface area (Å²) >= 11 is 9.17.